The molecule has 0 spiro atoms. The van der Waals surface area contributed by atoms with Crippen molar-refractivity contribution in [2.75, 3.05) is 0 Å². The molecule has 1 heterocycles. The van der Waals surface area contributed by atoms with Gasteiger partial charge >= 0.3 is 0 Å². The highest BCUT2D eigenvalue weighted by molar-refractivity contribution is 7.12. The van der Waals surface area contributed by atoms with Gasteiger partial charge in [0.2, 0.25) is 0 Å². The number of hydrogen-bond acceptors (Lipinski definition) is 3. The molecule has 4 heteroatoms. The average molecular weight is 250 g/mol. The Kier molecular flexibility index (Phi) is 3.02. The van der Waals surface area contributed by atoms with Crippen LogP contribution in [0.1, 0.15) is 23.7 Å². The third kappa shape index (κ3) is 2.53. The molecule has 0 aliphatic carbocycles. The Hall–Kier alpha value is -1.26. The molecule has 0 fully saturated rings. The van der Waals surface area contributed by atoms with Gasteiger partial charge < -0.3 is 5.73 Å². The van der Waals surface area contributed by atoms with Gasteiger partial charge in [0.25, 0.3) is 0 Å². The second-order valence-electron chi connectivity index (χ2n) is 4.66. The fraction of sp³-hybridized carbons (Fsp3) is 0.308. The molecule has 1 aromatic carbocycles. The molecule has 0 aliphatic rings. The van der Waals surface area contributed by atoms with E-state index in [1.165, 1.54) is 12.1 Å². The van der Waals surface area contributed by atoms with Crippen LogP contribution in [0.4, 0.5) is 4.39 Å². The van der Waals surface area contributed by atoms with Crippen LogP contribution >= 0.6 is 11.3 Å². The highest BCUT2D eigenvalue weighted by atomic mass is 32.1. The van der Waals surface area contributed by atoms with E-state index in [0.29, 0.717) is 0 Å². The summed E-state index contributed by atoms with van der Waals surface area (Å²) in [6.07, 6.45) is 0. The summed E-state index contributed by atoms with van der Waals surface area (Å²) in [5.41, 5.74) is 7.19. The fourth-order valence-corrected chi connectivity index (χ4v) is 2.53. The molecule has 0 saturated carbocycles. The number of thiazole rings is 1. The standard InChI is InChI=1S/C13H15FN2S/c1-8-11(9-5-4-6-10(14)7-9)16-12(17-8)13(2,3)15/h4-7H,15H2,1-3H3. The van der Waals surface area contributed by atoms with Gasteiger partial charge in [0, 0.05) is 10.4 Å². The first kappa shape index (κ1) is 12.2. The topological polar surface area (TPSA) is 38.9 Å². The minimum Gasteiger partial charge on any atom is -0.320 e. The van der Waals surface area contributed by atoms with Crippen LogP contribution in [0.5, 0.6) is 0 Å². The van der Waals surface area contributed by atoms with Gasteiger partial charge in [-0.25, -0.2) is 9.37 Å². The molecule has 90 valence electrons. The van der Waals surface area contributed by atoms with Gasteiger partial charge in [0.05, 0.1) is 11.2 Å². The molecule has 2 nitrogen and oxygen atoms in total. The lowest BCUT2D eigenvalue weighted by Crippen LogP contribution is -2.28. The van der Waals surface area contributed by atoms with E-state index in [-0.39, 0.29) is 5.82 Å². The zero-order chi connectivity index (χ0) is 12.6. The van der Waals surface area contributed by atoms with Gasteiger partial charge in [0.15, 0.2) is 0 Å². The molecule has 0 aliphatic heterocycles. The van der Waals surface area contributed by atoms with Gasteiger partial charge in [-0.2, -0.15) is 0 Å². The number of hydrogen-bond donors (Lipinski definition) is 1. The smallest absolute Gasteiger partial charge is 0.123 e. The summed E-state index contributed by atoms with van der Waals surface area (Å²) in [5.74, 6) is -0.247. The van der Waals surface area contributed by atoms with E-state index in [2.05, 4.69) is 4.98 Å². The van der Waals surface area contributed by atoms with Crippen molar-refractivity contribution in [2.45, 2.75) is 26.3 Å². The SMILES string of the molecule is Cc1sc(C(C)(C)N)nc1-c1cccc(F)c1. The Labute approximate surface area is 104 Å². The molecule has 0 bridgehead atoms. The van der Waals surface area contributed by atoms with Gasteiger partial charge in [-0.15, -0.1) is 11.3 Å². The number of halogens is 1. The van der Waals surface area contributed by atoms with Crippen LogP contribution in [0.25, 0.3) is 11.3 Å². The summed E-state index contributed by atoms with van der Waals surface area (Å²) in [4.78, 5) is 5.58. The summed E-state index contributed by atoms with van der Waals surface area (Å²) < 4.78 is 13.2. The highest BCUT2D eigenvalue weighted by Gasteiger charge is 2.21. The summed E-state index contributed by atoms with van der Waals surface area (Å²) in [7, 11) is 0. The van der Waals surface area contributed by atoms with Gasteiger partial charge in [-0.3, -0.25) is 0 Å². The van der Waals surface area contributed by atoms with Crippen LogP contribution in [0.15, 0.2) is 24.3 Å². The van der Waals surface area contributed by atoms with Gasteiger partial charge in [0.1, 0.15) is 10.8 Å². The van der Waals surface area contributed by atoms with Crippen LogP contribution < -0.4 is 5.73 Å². The Morgan fingerprint density at radius 2 is 2.06 bits per heavy atom. The van der Waals surface area contributed by atoms with Gasteiger partial charge in [-0.1, -0.05) is 12.1 Å². The average Bonchev–Trinajstić information content (AvgIpc) is 2.60. The minimum absolute atomic E-state index is 0.247. The Morgan fingerprint density at radius 1 is 1.35 bits per heavy atom. The first-order valence-corrected chi connectivity index (χ1v) is 6.22. The molecule has 0 saturated heterocycles. The number of aromatic nitrogens is 1. The van der Waals surface area contributed by atoms with E-state index < -0.39 is 5.54 Å². The normalized spacial score (nSPS) is 11.8. The second kappa shape index (κ2) is 4.20. The number of nitrogens with zero attached hydrogens (tertiary/aromatic N) is 1. The quantitative estimate of drug-likeness (QED) is 0.886. The van der Waals surface area contributed by atoms with E-state index in [0.717, 1.165) is 21.1 Å². The van der Waals surface area contributed by atoms with Gasteiger partial charge in [-0.05, 0) is 32.9 Å². The summed E-state index contributed by atoms with van der Waals surface area (Å²) >= 11 is 1.56. The molecule has 2 rings (SSSR count). The van der Waals surface area contributed by atoms with Crippen molar-refractivity contribution in [1.29, 1.82) is 0 Å². The maximum absolute atomic E-state index is 13.2. The van der Waals surface area contributed by atoms with Crippen LogP contribution in [0, 0.1) is 12.7 Å². The molecule has 0 atom stereocenters. The van der Waals surface area contributed by atoms with Crippen molar-refractivity contribution < 1.29 is 4.39 Å². The maximum Gasteiger partial charge on any atom is 0.123 e. The van der Waals surface area contributed by atoms with Crippen LogP contribution in [0.3, 0.4) is 0 Å². The molecule has 0 amide bonds. The zero-order valence-corrected chi connectivity index (χ0v) is 10.9. The molecular formula is C13H15FN2S. The predicted octanol–water partition coefficient (Wildman–Crippen LogP) is 3.45. The monoisotopic (exact) mass is 250 g/mol. The second-order valence-corrected chi connectivity index (χ2v) is 5.86. The molecule has 0 unspecified atom stereocenters. The summed E-state index contributed by atoms with van der Waals surface area (Å²) in [6.45, 7) is 5.81. The lowest BCUT2D eigenvalue weighted by Gasteiger charge is -2.13. The lowest BCUT2D eigenvalue weighted by atomic mass is 10.1. The van der Waals surface area contributed by atoms with Crippen molar-refractivity contribution in [2.24, 2.45) is 5.73 Å². The molecule has 2 N–H and O–H groups in total. The molecule has 17 heavy (non-hydrogen) atoms. The first-order valence-electron chi connectivity index (χ1n) is 5.40. The Balaban J connectivity index is 2.50. The molecule has 1 aromatic heterocycles. The van der Waals surface area contributed by atoms with E-state index in [1.54, 1.807) is 17.4 Å². The van der Waals surface area contributed by atoms with Crippen molar-refractivity contribution in [3.05, 3.63) is 40.0 Å². The minimum atomic E-state index is -0.457. The van der Waals surface area contributed by atoms with Crippen molar-refractivity contribution in [3.8, 4) is 11.3 Å². The third-order valence-corrected chi connectivity index (χ3v) is 3.76. The molecule has 2 aromatic rings. The van der Waals surface area contributed by atoms with Crippen molar-refractivity contribution in [1.82, 2.24) is 4.98 Å². The van der Waals surface area contributed by atoms with Crippen LogP contribution in [-0.2, 0) is 5.54 Å². The molecular weight excluding hydrogens is 235 g/mol. The first-order chi connectivity index (χ1) is 7.88. The maximum atomic E-state index is 13.2. The largest absolute Gasteiger partial charge is 0.320 e. The summed E-state index contributed by atoms with van der Waals surface area (Å²) in [6, 6.07) is 6.48. The van der Waals surface area contributed by atoms with Crippen molar-refractivity contribution in [3.63, 3.8) is 0 Å². The van der Waals surface area contributed by atoms with E-state index in [9.17, 15) is 4.39 Å². The lowest BCUT2D eigenvalue weighted by molar-refractivity contribution is 0.551. The molecule has 0 radical (unpaired) electrons. The predicted molar refractivity (Wildman–Crippen MR) is 69.5 cm³/mol. The Morgan fingerprint density at radius 3 is 2.59 bits per heavy atom. The summed E-state index contributed by atoms with van der Waals surface area (Å²) in [5, 5.41) is 0.870. The van der Waals surface area contributed by atoms with E-state index in [4.69, 9.17) is 5.73 Å². The number of rotatable bonds is 2. The van der Waals surface area contributed by atoms with Crippen LogP contribution in [0.2, 0.25) is 0 Å². The number of benzene rings is 1. The Bertz CT molecular complexity index is 541. The third-order valence-electron chi connectivity index (χ3n) is 2.45. The number of aryl methyl sites for hydroxylation is 1. The van der Waals surface area contributed by atoms with Crippen molar-refractivity contribution >= 4 is 11.3 Å². The van der Waals surface area contributed by atoms with Crippen LogP contribution in [-0.4, -0.2) is 4.98 Å². The zero-order valence-electron chi connectivity index (χ0n) is 10.1. The number of nitrogens with two attached hydrogens (primary N) is 1. The fourth-order valence-electron chi connectivity index (χ4n) is 1.58. The van der Waals surface area contributed by atoms with E-state index in [1.807, 2.05) is 26.8 Å². The van der Waals surface area contributed by atoms with E-state index >= 15 is 0 Å². The highest BCUT2D eigenvalue weighted by Crippen LogP contribution is 2.31.